The van der Waals surface area contributed by atoms with Crippen molar-refractivity contribution < 1.29 is 19.4 Å². The molecule has 0 fully saturated rings. The van der Waals surface area contributed by atoms with Crippen LogP contribution in [0.1, 0.15) is 15.9 Å². The maximum atomic E-state index is 11.8. The van der Waals surface area contributed by atoms with Gasteiger partial charge in [-0.05, 0) is 55.0 Å². The molecule has 0 aromatic heterocycles. The van der Waals surface area contributed by atoms with Gasteiger partial charge in [-0.15, -0.1) is 0 Å². The van der Waals surface area contributed by atoms with E-state index in [0.29, 0.717) is 5.69 Å². The summed E-state index contributed by atoms with van der Waals surface area (Å²) in [4.78, 5) is 23.5. The second-order valence-corrected chi connectivity index (χ2v) is 5.55. The zero-order chi connectivity index (χ0) is 16.1. The molecule has 0 atom stereocenters. The number of amides is 1. The molecule has 2 N–H and O–H groups in total. The van der Waals surface area contributed by atoms with Crippen molar-refractivity contribution in [3.05, 3.63) is 58.1 Å². The van der Waals surface area contributed by atoms with E-state index in [4.69, 9.17) is 9.84 Å². The van der Waals surface area contributed by atoms with Gasteiger partial charge in [0, 0.05) is 10.2 Å². The molecule has 2 aromatic carbocycles. The number of carbonyl (C=O) groups excluding carboxylic acids is 2. The summed E-state index contributed by atoms with van der Waals surface area (Å²) in [5.74, 6) is -0.986. The number of benzene rings is 2. The van der Waals surface area contributed by atoms with Crippen molar-refractivity contribution in [2.24, 2.45) is 0 Å². The monoisotopic (exact) mass is 363 g/mol. The number of esters is 1. The van der Waals surface area contributed by atoms with Gasteiger partial charge < -0.3 is 15.2 Å². The second kappa shape index (κ2) is 7.09. The van der Waals surface area contributed by atoms with Crippen molar-refractivity contribution in [3.63, 3.8) is 0 Å². The van der Waals surface area contributed by atoms with Crippen molar-refractivity contribution in [3.8, 4) is 5.75 Å². The average Bonchev–Trinajstić information content (AvgIpc) is 2.48. The molecule has 0 spiro atoms. The molecule has 2 rings (SSSR count). The number of halogens is 1. The number of hydrogen-bond acceptors (Lipinski definition) is 4. The zero-order valence-electron chi connectivity index (χ0n) is 11.8. The third-order valence-corrected chi connectivity index (χ3v) is 3.39. The number of hydrogen-bond donors (Lipinski definition) is 2. The van der Waals surface area contributed by atoms with Crippen LogP contribution in [0, 0.1) is 6.92 Å². The quantitative estimate of drug-likeness (QED) is 0.817. The minimum absolute atomic E-state index is 0.0556. The highest BCUT2D eigenvalue weighted by atomic mass is 79.9. The number of phenols is 1. The highest BCUT2D eigenvalue weighted by molar-refractivity contribution is 9.10. The van der Waals surface area contributed by atoms with E-state index in [-0.39, 0.29) is 17.9 Å². The average molecular weight is 364 g/mol. The number of phenolic OH excluding ortho intramolecular Hbond substituents is 1. The van der Waals surface area contributed by atoms with E-state index in [0.717, 1.165) is 10.0 Å². The van der Waals surface area contributed by atoms with Gasteiger partial charge in [-0.1, -0.05) is 15.9 Å². The fraction of sp³-hybridized carbons (Fsp3) is 0.125. The SMILES string of the molecule is Cc1cc(Br)ccc1NC(=O)COC(=O)c1ccc(O)cc1. The summed E-state index contributed by atoms with van der Waals surface area (Å²) in [5, 5.41) is 11.8. The van der Waals surface area contributed by atoms with Crippen LogP contribution >= 0.6 is 15.9 Å². The summed E-state index contributed by atoms with van der Waals surface area (Å²) >= 11 is 3.34. The van der Waals surface area contributed by atoms with E-state index in [1.54, 1.807) is 6.07 Å². The molecule has 0 saturated carbocycles. The number of aryl methyl sites for hydroxylation is 1. The lowest BCUT2D eigenvalue weighted by molar-refractivity contribution is -0.119. The first kappa shape index (κ1) is 16.0. The van der Waals surface area contributed by atoms with Crippen molar-refractivity contribution >= 4 is 33.5 Å². The topological polar surface area (TPSA) is 75.6 Å². The van der Waals surface area contributed by atoms with Crippen LogP contribution in [0.5, 0.6) is 5.75 Å². The lowest BCUT2D eigenvalue weighted by atomic mass is 10.2. The molecule has 114 valence electrons. The minimum atomic E-state index is -0.623. The first-order valence-electron chi connectivity index (χ1n) is 6.48. The van der Waals surface area contributed by atoms with Gasteiger partial charge in [0.1, 0.15) is 5.75 Å². The molecule has 0 aliphatic heterocycles. The highest BCUT2D eigenvalue weighted by Crippen LogP contribution is 2.20. The van der Waals surface area contributed by atoms with E-state index in [2.05, 4.69) is 21.2 Å². The Morgan fingerprint density at radius 1 is 1.18 bits per heavy atom. The summed E-state index contributed by atoms with van der Waals surface area (Å²) in [7, 11) is 0. The Kier molecular flexibility index (Phi) is 5.16. The van der Waals surface area contributed by atoms with Gasteiger partial charge in [0.25, 0.3) is 5.91 Å². The van der Waals surface area contributed by atoms with Gasteiger partial charge in [0.2, 0.25) is 0 Å². The van der Waals surface area contributed by atoms with Crippen LogP contribution in [0.4, 0.5) is 5.69 Å². The van der Waals surface area contributed by atoms with Gasteiger partial charge in [0.05, 0.1) is 5.56 Å². The molecule has 5 nitrogen and oxygen atoms in total. The Balaban J connectivity index is 1.89. The van der Waals surface area contributed by atoms with Crippen LogP contribution < -0.4 is 5.32 Å². The van der Waals surface area contributed by atoms with E-state index >= 15 is 0 Å². The van der Waals surface area contributed by atoms with Crippen LogP contribution in [0.25, 0.3) is 0 Å². The maximum Gasteiger partial charge on any atom is 0.338 e. The van der Waals surface area contributed by atoms with E-state index in [1.807, 2.05) is 19.1 Å². The lowest BCUT2D eigenvalue weighted by Crippen LogP contribution is -2.21. The molecule has 0 aliphatic rings. The molecule has 0 heterocycles. The smallest absolute Gasteiger partial charge is 0.338 e. The standard InChI is InChI=1S/C16H14BrNO4/c1-10-8-12(17)4-7-14(10)18-15(20)9-22-16(21)11-2-5-13(19)6-3-11/h2-8,19H,9H2,1H3,(H,18,20). The lowest BCUT2D eigenvalue weighted by Gasteiger charge is -2.09. The number of carbonyl (C=O) groups is 2. The minimum Gasteiger partial charge on any atom is -0.508 e. The van der Waals surface area contributed by atoms with E-state index in [1.165, 1.54) is 24.3 Å². The molecule has 2 aromatic rings. The second-order valence-electron chi connectivity index (χ2n) is 4.63. The van der Waals surface area contributed by atoms with E-state index < -0.39 is 11.9 Å². The van der Waals surface area contributed by atoms with Crippen LogP contribution in [0.2, 0.25) is 0 Å². The van der Waals surface area contributed by atoms with Crippen LogP contribution in [-0.2, 0) is 9.53 Å². The number of nitrogens with one attached hydrogen (secondary N) is 1. The van der Waals surface area contributed by atoms with Gasteiger partial charge in [-0.3, -0.25) is 4.79 Å². The molecule has 0 radical (unpaired) electrons. The summed E-state index contributed by atoms with van der Waals surface area (Å²) < 4.78 is 5.84. The van der Waals surface area contributed by atoms with E-state index in [9.17, 15) is 9.59 Å². The molecule has 0 saturated heterocycles. The number of anilines is 1. The van der Waals surface area contributed by atoms with Crippen molar-refractivity contribution in [2.75, 3.05) is 11.9 Å². The molecule has 0 aliphatic carbocycles. The van der Waals surface area contributed by atoms with Crippen molar-refractivity contribution in [1.82, 2.24) is 0 Å². The predicted octanol–water partition coefficient (Wildman–Crippen LogP) is 3.26. The van der Waals surface area contributed by atoms with Gasteiger partial charge >= 0.3 is 5.97 Å². The normalized spacial score (nSPS) is 10.1. The molecule has 6 heteroatoms. The zero-order valence-corrected chi connectivity index (χ0v) is 13.4. The Hall–Kier alpha value is -2.34. The first-order chi connectivity index (χ1) is 10.5. The predicted molar refractivity (Wildman–Crippen MR) is 85.9 cm³/mol. The fourth-order valence-corrected chi connectivity index (χ4v) is 2.24. The third kappa shape index (κ3) is 4.33. The fourth-order valence-electron chi connectivity index (χ4n) is 1.77. The summed E-state index contributed by atoms with van der Waals surface area (Å²) in [6, 6.07) is 11.1. The van der Waals surface area contributed by atoms with Gasteiger partial charge in [-0.25, -0.2) is 4.79 Å². The number of ether oxygens (including phenoxy) is 1. The first-order valence-corrected chi connectivity index (χ1v) is 7.27. The highest BCUT2D eigenvalue weighted by Gasteiger charge is 2.11. The Labute approximate surface area is 136 Å². The van der Waals surface area contributed by atoms with Crippen LogP contribution in [0.15, 0.2) is 46.9 Å². The van der Waals surface area contributed by atoms with Crippen molar-refractivity contribution in [2.45, 2.75) is 6.92 Å². The molecular formula is C16H14BrNO4. The molecular weight excluding hydrogens is 350 g/mol. The maximum absolute atomic E-state index is 11.8. The Morgan fingerprint density at radius 2 is 1.86 bits per heavy atom. The molecule has 0 bridgehead atoms. The Morgan fingerprint density at radius 3 is 2.50 bits per heavy atom. The molecule has 22 heavy (non-hydrogen) atoms. The largest absolute Gasteiger partial charge is 0.508 e. The Bertz CT molecular complexity index is 698. The van der Waals surface area contributed by atoms with Crippen LogP contribution in [0.3, 0.4) is 0 Å². The summed E-state index contributed by atoms with van der Waals surface area (Å²) in [6.07, 6.45) is 0. The van der Waals surface area contributed by atoms with Gasteiger partial charge in [-0.2, -0.15) is 0 Å². The molecule has 0 unspecified atom stereocenters. The third-order valence-electron chi connectivity index (χ3n) is 2.90. The van der Waals surface area contributed by atoms with Crippen molar-refractivity contribution in [1.29, 1.82) is 0 Å². The number of rotatable bonds is 4. The summed E-state index contributed by atoms with van der Waals surface area (Å²) in [6.45, 7) is 1.48. The van der Waals surface area contributed by atoms with Gasteiger partial charge in [0.15, 0.2) is 6.61 Å². The van der Waals surface area contributed by atoms with Crippen LogP contribution in [-0.4, -0.2) is 23.6 Å². The summed E-state index contributed by atoms with van der Waals surface area (Å²) in [5.41, 5.74) is 1.83. The number of aromatic hydroxyl groups is 1. The molecule has 1 amide bonds.